The molecule has 1 atom stereocenters. The standard InChI is InChI=1S/C29H33BN6/c30-26-19-33-36-28(32-18-21-6-4-14-31-17-21)16-27(34-29(26)36)24-9-5-15-35(20-24)25-12-10-23(11-13-25)22-7-2-1-3-8-22/h1-4,6-8,14,16-17,19,23-25,32H,5,9-13,15,18,20H2. The summed E-state index contributed by atoms with van der Waals surface area (Å²) in [6.45, 7) is 2.94. The van der Waals surface area contributed by atoms with Crippen molar-refractivity contribution in [2.45, 2.75) is 62.9 Å². The Morgan fingerprint density at radius 2 is 1.81 bits per heavy atom. The summed E-state index contributed by atoms with van der Waals surface area (Å²) in [6.07, 6.45) is 12.9. The number of piperidine rings is 1. The molecule has 2 aliphatic rings. The van der Waals surface area contributed by atoms with Gasteiger partial charge in [0, 0.05) is 49.7 Å². The maximum absolute atomic E-state index is 6.26. The molecule has 1 saturated heterocycles. The van der Waals surface area contributed by atoms with Crippen molar-refractivity contribution in [3.8, 4) is 0 Å². The van der Waals surface area contributed by atoms with Crippen molar-refractivity contribution in [2.24, 2.45) is 0 Å². The quantitative estimate of drug-likeness (QED) is 0.417. The summed E-state index contributed by atoms with van der Waals surface area (Å²) in [4.78, 5) is 12.0. The second kappa shape index (κ2) is 10.4. The van der Waals surface area contributed by atoms with Gasteiger partial charge in [0.2, 0.25) is 0 Å². The molecule has 1 aliphatic carbocycles. The molecule has 36 heavy (non-hydrogen) atoms. The third-order valence-electron chi connectivity index (χ3n) is 8.07. The second-order valence-electron chi connectivity index (χ2n) is 10.4. The molecule has 1 aliphatic heterocycles. The van der Waals surface area contributed by atoms with Crippen molar-refractivity contribution in [1.29, 1.82) is 0 Å². The number of pyridine rings is 1. The largest absolute Gasteiger partial charge is 0.366 e. The van der Waals surface area contributed by atoms with Crippen LogP contribution < -0.4 is 10.8 Å². The molecule has 1 saturated carbocycles. The first kappa shape index (κ1) is 23.2. The summed E-state index contributed by atoms with van der Waals surface area (Å²) >= 11 is 0. The third kappa shape index (κ3) is 4.89. The zero-order chi connectivity index (χ0) is 24.3. The van der Waals surface area contributed by atoms with Crippen molar-refractivity contribution in [2.75, 3.05) is 18.4 Å². The lowest BCUT2D eigenvalue weighted by Gasteiger charge is -2.41. The number of anilines is 1. The van der Waals surface area contributed by atoms with Crippen molar-refractivity contribution < 1.29 is 0 Å². The number of likely N-dealkylation sites (tertiary alicyclic amines) is 1. The van der Waals surface area contributed by atoms with Crippen LogP contribution in [0.1, 0.15) is 67.2 Å². The SMILES string of the molecule is [B]c1cnn2c(NCc3cccnc3)cc(C3CCCN(C4CCC(c5ccccc5)CC4)C3)nc12. The maximum atomic E-state index is 6.26. The summed E-state index contributed by atoms with van der Waals surface area (Å²) in [5.41, 5.74) is 5.11. The zero-order valence-corrected chi connectivity index (χ0v) is 20.8. The molecule has 0 amide bonds. The summed E-state index contributed by atoms with van der Waals surface area (Å²) in [5.74, 6) is 2.05. The van der Waals surface area contributed by atoms with Crippen molar-refractivity contribution in [3.05, 3.63) is 83.9 Å². The van der Waals surface area contributed by atoms with Gasteiger partial charge in [0.25, 0.3) is 0 Å². The maximum Gasteiger partial charge on any atom is 0.150 e. The number of rotatable bonds is 6. The van der Waals surface area contributed by atoms with Gasteiger partial charge in [-0.3, -0.25) is 9.88 Å². The normalized spacial score (nSPS) is 23.1. The number of fused-ring (bicyclic) bond motifs is 1. The van der Waals surface area contributed by atoms with E-state index >= 15 is 0 Å². The van der Waals surface area contributed by atoms with Crippen LogP contribution in [0, 0.1) is 0 Å². The van der Waals surface area contributed by atoms with Crippen LogP contribution >= 0.6 is 0 Å². The summed E-state index contributed by atoms with van der Waals surface area (Å²) < 4.78 is 1.82. The van der Waals surface area contributed by atoms with Crippen LogP contribution in [0.2, 0.25) is 0 Å². The summed E-state index contributed by atoms with van der Waals surface area (Å²) in [5, 5.41) is 8.02. The molecule has 2 radical (unpaired) electrons. The van der Waals surface area contributed by atoms with Gasteiger partial charge in [-0.05, 0) is 73.6 Å². The van der Waals surface area contributed by atoms with E-state index in [9.17, 15) is 0 Å². The fraction of sp³-hybridized carbons (Fsp3) is 0.414. The van der Waals surface area contributed by atoms with Crippen LogP contribution in [0.3, 0.4) is 0 Å². The molecule has 3 aromatic heterocycles. The number of aromatic nitrogens is 4. The zero-order valence-electron chi connectivity index (χ0n) is 20.8. The van der Waals surface area contributed by atoms with E-state index in [1.54, 1.807) is 12.4 Å². The molecular weight excluding hydrogens is 443 g/mol. The van der Waals surface area contributed by atoms with Gasteiger partial charge in [0.1, 0.15) is 13.7 Å². The molecule has 182 valence electrons. The number of benzene rings is 1. The second-order valence-corrected chi connectivity index (χ2v) is 10.4. The lowest BCUT2D eigenvalue weighted by molar-refractivity contribution is 0.113. The van der Waals surface area contributed by atoms with Gasteiger partial charge in [-0.2, -0.15) is 9.61 Å². The summed E-state index contributed by atoms with van der Waals surface area (Å²) in [7, 11) is 6.26. The van der Waals surface area contributed by atoms with Gasteiger partial charge >= 0.3 is 0 Å². The van der Waals surface area contributed by atoms with E-state index in [0.717, 1.165) is 35.7 Å². The van der Waals surface area contributed by atoms with Gasteiger partial charge in [-0.25, -0.2) is 4.98 Å². The molecule has 6 rings (SSSR count). The Hall–Kier alpha value is -3.19. The van der Waals surface area contributed by atoms with Crippen LogP contribution in [0.25, 0.3) is 5.65 Å². The Balaban J connectivity index is 1.17. The minimum absolute atomic E-state index is 0.406. The highest BCUT2D eigenvalue weighted by molar-refractivity contribution is 6.36. The number of nitrogens with zero attached hydrogens (tertiary/aromatic N) is 5. The van der Waals surface area contributed by atoms with E-state index in [0.29, 0.717) is 29.9 Å². The minimum atomic E-state index is 0.406. The number of hydrogen-bond donors (Lipinski definition) is 1. The monoisotopic (exact) mass is 476 g/mol. The Labute approximate surface area is 214 Å². The number of hydrogen-bond acceptors (Lipinski definition) is 5. The smallest absolute Gasteiger partial charge is 0.150 e. The Kier molecular flexibility index (Phi) is 6.73. The van der Waals surface area contributed by atoms with Crippen LogP contribution in [0.4, 0.5) is 5.82 Å². The van der Waals surface area contributed by atoms with E-state index in [2.05, 4.69) is 62.8 Å². The Morgan fingerprint density at radius 1 is 0.944 bits per heavy atom. The van der Waals surface area contributed by atoms with Gasteiger partial charge in [-0.15, -0.1) is 0 Å². The van der Waals surface area contributed by atoms with E-state index in [1.807, 2.05) is 16.8 Å². The Bertz CT molecular complexity index is 1280. The highest BCUT2D eigenvalue weighted by Crippen LogP contribution is 2.37. The van der Waals surface area contributed by atoms with Crippen molar-refractivity contribution in [3.63, 3.8) is 0 Å². The van der Waals surface area contributed by atoms with Crippen LogP contribution in [0.5, 0.6) is 0 Å². The van der Waals surface area contributed by atoms with E-state index in [1.165, 1.54) is 44.2 Å². The molecule has 4 aromatic rings. The molecule has 1 N–H and O–H groups in total. The first-order chi connectivity index (χ1) is 17.7. The first-order valence-electron chi connectivity index (χ1n) is 13.3. The molecule has 1 aromatic carbocycles. The number of nitrogens with one attached hydrogen (secondary N) is 1. The highest BCUT2D eigenvalue weighted by atomic mass is 15.3. The van der Waals surface area contributed by atoms with Gasteiger partial charge < -0.3 is 5.32 Å². The molecule has 6 nitrogen and oxygen atoms in total. The van der Waals surface area contributed by atoms with Crippen LogP contribution in [-0.2, 0) is 6.54 Å². The minimum Gasteiger partial charge on any atom is -0.366 e. The molecule has 0 bridgehead atoms. The molecule has 0 spiro atoms. The first-order valence-corrected chi connectivity index (χ1v) is 13.3. The fourth-order valence-corrected chi connectivity index (χ4v) is 6.11. The van der Waals surface area contributed by atoms with Crippen LogP contribution in [-0.4, -0.2) is 51.5 Å². The van der Waals surface area contributed by atoms with E-state index in [-0.39, 0.29) is 0 Å². The lowest BCUT2D eigenvalue weighted by atomic mass is 9.80. The lowest BCUT2D eigenvalue weighted by Crippen LogP contribution is -2.43. The third-order valence-corrected chi connectivity index (χ3v) is 8.07. The average molecular weight is 476 g/mol. The average Bonchev–Trinajstić information content (AvgIpc) is 3.33. The molecule has 4 heterocycles. The predicted molar refractivity (Wildman–Crippen MR) is 145 cm³/mol. The molecule has 7 heteroatoms. The predicted octanol–water partition coefficient (Wildman–Crippen LogP) is 4.44. The topological polar surface area (TPSA) is 58.4 Å². The van der Waals surface area contributed by atoms with Gasteiger partial charge in [0.05, 0.1) is 5.69 Å². The fourth-order valence-electron chi connectivity index (χ4n) is 6.11. The highest BCUT2D eigenvalue weighted by Gasteiger charge is 2.31. The summed E-state index contributed by atoms with van der Waals surface area (Å²) in [6, 6.07) is 17.9. The van der Waals surface area contributed by atoms with E-state index < -0.39 is 0 Å². The van der Waals surface area contributed by atoms with Gasteiger partial charge in [0.15, 0.2) is 5.65 Å². The molecule has 2 fully saturated rings. The Morgan fingerprint density at radius 3 is 2.61 bits per heavy atom. The van der Waals surface area contributed by atoms with Crippen molar-refractivity contribution in [1.82, 2.24) is 24.5 Å². The molecule has 1 unspecified atom stereocenters. The van der Waals surface area contributed by atoms with Crippen molar-refractivity contribution >= 4 is 24.8 Å². The van der Waals surface area contributed by atoms with Crippen LogP contribution in [0.15, 0.2) is 67.1 Å². The van der Waals surface area contributed by atoms with Gasteiger partial charge in [-0.1, -0.05) is 36.4 Å². The van der Waals surface area contributed by atoms with E-state index in [4.69, 9.17) is 12.8 Å². The molecular formula is C29H33BN6.